The summed E-state index contributed by atoms with van der Waals surface area (Å²) in [4.78, 5) is 28.6. The van der Waals surface area contributed by atoms with E-state index in [4.69, 9.17) is 4.74 Å². The van der Waals surface area contributed by atoms with Crippen molar-refractivity contribution in [1.29, 1.82) is 0 Å². The lowest BCUT2D eigenvalue weighted by Gasteiger charge is -2.35. The topological polar surface area (TPSA) is 70.7 Å². The fraction of sp³-hybridized carbons (Fsp3) is 0.417. The minimum atomic E-state index is -0.413. The third kappa shape index (κ3) is 5.40. The first-order valence-electron chi connectivity index (χ1n) is 10.9. The van der Waals surface area contributed by atoms with E-state index in [2.05, 4.69) is 27.7 Å². The van der Waals surface area contributed by atoms with Crippen molar-refractivity contribution in [2.75, 3.05) is 32.1 Å². The molecule has 2 heterocycles. The molecule has 0 aliphatic carbocycles. The van der Waals surface area contributed by atoms with Gasteiger partial charge in [-0.2, -0.15) is 0 Å². The summed E-state index contributed by atoms with van der Waals surface area (Å²) in [6.07, 6.45) is 3.78. The van der Waals surface area contributed by atoms with E-state index >= 15 is 0 Å². The number of piperidine rings is 1. The number of hydrogen-bond donors (Lipinski definition) is 2. The second kappa shape index (κ2) is 10.2. The van der Waals surface area contributed by atoms with Crippen molar-refractivity contribution in [2.45, 2.75) is 41.9 Å². The van der Waals surface area contributed by atoms with Gasteiger partial charge in [0.15, 0.2) is 0 Å². The number of ether oxygens (including phenoxy) is 1. The van der Waals surface area contributed by atoms with E-state index in [-0.39, 0.29) is 24.3 Å². The van der Waals surface area contributed by atoms with E-state index in [1.807, 2.05) is 36.4 Å². The van der Waals surface area contributed by atoms with Gasteiger partial charge in [0.1, 0.15) is 5.75 Å². The summed E-state index contributed by atoms with van der Waals surface area (Å²) < 4.78 is 5.29. The molecule has 0 spiro atoms. The van der Waals surface area contributed by atoms with Crippen molar-refractivity contribution in [3.63, 3.8) is 0 Å². The molecular formula is C24H29N3O3S. The van der Waals surface area contributed by atoms with Crippen LogP contribution in [-0.2, 0) is 9.59 Å². The minimum Gasteiger partial charge on any atom is -0.497 e. The maximum atomic E-state index is 12.7. The maximum Gasteiger partial charge on any atom is 0.238 e. The van der Waals surface area contributed by atoms with Gasteiger partial charge in [0, 0.05) is 17.9 Å². The molecule has 2 amide bonds. The molecule has 0 radical (unpaired) electrons. The lowest BCUT2D eigenvalue weighted by atomic mass is 10.0. The van der Waals surface area contributed by atoms with Gasteiger partial charge in [0.05, 0.1) is 24.1 Å². The first kappa shape index (κ1) is 21.7. The summed E-state index contributed by atoms with van der Waals surface area (Å²) in [6.45, 7) is 2.59. The van der Waals surface area contributed by atoms with Gasteiger partial charge < -0.3 is 15.4 Å². The highest BCUT2D eigenvalue weighted by Crippen LogP contribution is 2.36. The van der Waals surface area contributed by atoms with Crippen LogP contribution in [0.5, 0.6) is 5.75 Å². The van der Waals surface area contributed by atoms with Gasteiger partial charge in [-0.3, -0.25) is 14.5 Å². The molecule has 31 heavy (non-hydrogen) atoms. The molecule has 6 nitrogen and oxygen atoms in total. The van der Waals surface area contributed by atoms with E-state index in [1.165, 1.54) is 36.6 Å². The van der Waals surface area contributed by atoms with E-state index in [9.17, 15) is 9.59 Å². The molecule has 164 valence electrons. The number of para-hydroxylation sites is 1. The Bertz CT molecular complexity index is 913. The van der Waals surface area contributed by atoms with Crippen molar-refractivity contribution in [2.24, 2.45) is 0 Å². The number of benzene rings is 2. The smallest absolute Gasteiger partial charge is 0.238 e. The summed E-state index contributed by atoms with van der Waals surface area (Å²) in [7, 11) is 1.66. The van der Waals surface area contributed by atoms with Crippen molar-refractivity contribution in [3.05, 3.63) is 54.1 Å². The number of carbonyl (C=O) groups excluding carboxylic acids is 2. The zero-order valence-electron chi connectivity index (χ0n) is 17.8. The second-order valence-electron chi connectivity index (χ2n) is 7.99. The molecule has 2 N–H and O–H groups in total. The standard InChI is InChI=1S/C24H29N3O3S/c1-30-18-11-9-17(10-12-18)20(27-13-5-2-6-14-27)16-25-23(28)15-22-24(29)26-19-7-3-4-8-21(19)31-22/h3-4,7-12,20,22H,2,5-6,13-16H2,1H3,(H,25,28)(H,26,29). The quantitative estimate of drug-likeness (QED) is 0.686. The first-order valence-corrected chi connectivity index (χ1v) is 11.7. The first-order chi connectivity index (χ1) is 15.1. The number of nitrogens with one attached hydrogen (secondary N) is 2. The number of fused-ring (bicyclic) bond motifs is 1. The number of anilines is 1. The molecule has 0 saturated carbocycles. The Morgan fingerprint density at radius 1 is 1.16 bits per heavy atom. The number of thioether (sulfide) groups is 1. The summed E-state index contributed by atoms with van der Waals surface area (Å²) in [5.41, 5.74) is 1.99. The molecule has 2 atom stereocenters. The molecule has 2 aliphatic rings. The number of hydrogen-bond acceptors (Lipinski definition) is 5. The molecule has 4 rings (SSSR count). The molecule has 0 bridgehead atoms. The number of rotatable bonds is 7. The summed E-state index contributed by atoms with van der Waals surface area (Å²) in [5.74, 6) is 0.620. The van der Waals surface area contributed by atoms with Crippen LogP contribution in [0.2, 0.25) is 0 Å². The SMILES string of the molecule is COc1ccc(C(CNC(=O)CC2Sc3ccccc3NC2=O)N2CCCCC2)cc1. The predicted molar refractivity (Wildman–Crippen MR) is 124 cm³/mol. The van der Waals surface area contributed by atoms with Gasteiger partial charge in [-0.15, -0.1) is 11.8 Å². The maximum absolute atomic E-state index is 12.7. The zero-order chi connectivity index (χ0) is 21.6. The number of likely N-dealkylation sites (tertiary alicyclic amines) is 1. The van der Waals surface area contributed by atoms with Crippen LogP contribution >= 0.6 is 11.8 Å². The van der Waals surface area contributed by atoms with Crippen LogP contribution in [0, 0.1) is 0 Å². The monoisotopic (exact) mass is 439 g/mol. The number of nitrogens with zero attached hydrogens (tertiary/aromatic N) is 1. The average Bonchev–Trinajstić information content (AvgIpc) is 2.81. The minimum absolute atomic E-state index is 0.0949. The Morgan fingerprint density at radius 3 is 2.65 bits per heavy atom. The summed E-state index contributed by atoms with van der Waals surface area (Å²) in [6, 6.07) is 15.9. The largest absolute Gasteiger partial charge is 0.497 e. The van der Waals surface area contributed by atoms with E-state index < -0.39 is 5.25 Å². The number of amides is 2. The van der Waals surface area contributed by atoms with E-state index in [1.54, 1.807) is 7.11 Å². The van der Waals surface area contributed by atoms with Crippen LogP contribution < -0.4 is 15.4 Å². The summed E-state index contributed by atoms with van der Waals surface area (Å²) >= 11 is 1.46. The van der Waals surface area contributed by atoms with Crippen LogP contribution in [0.1, 0.15) is 37.3 Å². The zero-order valence-corrected chi connectivity index (χ0v) is 18.6. The Balaban J connectivity index is 1.39. The Labute approximate surface area is 187 Å². The fourth-order valence-electron chi connectivity index (χ4n) is 4.19. The third-order valence-electron chi connectivity index (χ3n) is 5.90. The Kier molecular flexibility index (Phi) is 7.14. The molecule has 1 fully saturated rings. The molecule has 1 saturated heterocycles. The highest BCUT2D eigenvalue weighted by atomic mass is 32.2. The van der Waals surface area contributed by atoms with Gasteiger partial charge >= 0.3 is 0 Å². The molecule has 2 aromatic carbocycles. The second-order valence-corrected chi connectivity index (χ2v) is 9.23. The van der Waals surface area contributed by atoms with Crippen LogP contribution in [0.4, 0.5) is 5.69 Å². The van der Waals surface area contributed by atoms with Gasteiger partial charge in [0.2, 0.25) is 11.8 Å². The van der Waals surface area contributed by atoms with Gasteiger partial charge in [-0.05, 0) is 55.8 Å². The lowest BCUT2D eigenvalue weighted by Crippen LogP contribution is -2.42. The van der Waals surface area contributed by atoms with Crippen LogP contribution in [0.25, 0.3) is 0 Å². The molecule has 0 aromatic heterocycles. The number of methoxy groups -OCH3 is 1. The van der Waals surface area contributed by atoms with Crippen LogP contribution in [-0.4, -0.2) is 48.7 Å². The van der Waals surface area contributed by atoms with E-state index in [0.717, 1.165) is 29.4 Å². The third-order valence-corrected chi connectivity index (χ3v) is 7.18. The van der Waals surface area contributed by atoms with Crippen LogP contribution in [0.3, 0.4) is 0 Å². The van der Waals surface area contributed by atoms with Gasteiger partial charge in [0.25, 0.3) is 0 Å². The predicted octanol–water partition coefficient (Wildman–Crippen LogP) is 3.84. The molecule has 7 heteroatoms. The molecule has 2 aromatic rings. The van der Waals surface area contributed by atoms with E-state index in [0.29, 0.717) is 6.54 Å². The Hall–Kier alpha value is -2.51. The average molecular weight is 440 g/mol. The highest BCUT2D eigenvalue weighted by Gasteiger charge is 2.29. The Morgan fingerprint density at radius 2 is 1.90 bits per heavy atom. The lowest BCUT2D eigenvalue weighted by molar-refractivity contribution is -0.124. The molecular weight excluding hydrogens is 410 g/mol. The van der Waals surface area contributed by atoms with Crippen molar-refractivity contribution in [1.82, 2.24) is 10.2 Å². The van der Waals surface area contributed by atoms with Crippen molar-refractivity contribution in [3.8, 4) is 5.75 Å². The molecule has 2 aliphatic heterocycles. The van der Waals surface area contributed by atoms with Crippen molar-refractivity contribution >= 4 is 29.3 Å². The normalized spacial score (nSPS) is 19.8. The fourth-order valence-corrected chi connectivity index (χ4v) is 5.30. The molecule has 2 unspecified atom stereocenters. The number of carbonyl (C=O) groups is 2. The van der Waals surface area contributed by atoms with Crippen LogP contribution in [0.15, 0.2) is 53.4 Å². The van der Waals surface area contributed by atoms with Gasteiger partial charge in [-0.1, -0.05) is 30.7 Å². The van der Waals surface area contributed by atoms with Gasteiger partial charge in [-0.25, -0.2) is 0 Å². The highest BCUT2D eigenvalue weighted by molar-refractivity contribution is 8.01. The van der Waals surface area contributed by atoms with Crippen molar-refractivity contribution < 1.29 is 14.3 Å². The summed E-state index contributed by atoms with van der Waals surface area (Å²) in [5, 5.41) is 5.59.